The number of hydrogen-bond donors (Lipinski definition) is 0. The summed E-state index contributed by atoms with van der Waals surface area (Å²) in [6.07, 6.45) is 2.72. The molecular formula is C24H24N2O2. The van der Waals surface area contributed by atoms with Crippen LogP contribution in [-0.4, -0.2) is 41.7 Å². The van der Waals surface area contributed by atoms with Crippen molar-refractivity contribution in [3.8, 4) is 11.8 Å². The Kier molecular flexibility index (Phi) is 5.45. The van der Waals surface area contributed by atoms with Gasteiger partial charge in [0, 0.05) is 48.7 Å². The van der Waals surface area contributed by atoms with Gasteiger partial charge in [-0.3, -0.25) is 4.79 Å². The number of amides is 1. The molecule has 28 heavy (non-hydrogen) atoms. The van der Waals surface area contributed by atoms with Crippen LogP contribution in [0.3, 0.4) is 0 Å². The van der Waals surface area contributed by atoms with Gasteiger partial charge in [0.25, 0.3) is 5.91 Å². The van der Waals surface area contributed by atoms with Crippen molar-refractivity contribution in [2.24, 2.45) is 0 Å². The molecule has 0 atom stereocenters. The molecule has 4 rings (SSSR count). The molecule has 0 saturated carbocycles. The molecule has 0 unspecified atom stereocenters. The van der Waals surface area contributed by atoms with Gasteiger partial charge in [0.15, 0.2) is 0 Å². The Bertz CT molecular complexity index is 1030. The SMILES string of the molecule is Cc1ccc(C#CCCn2cc(C(=O)N3CCOCC3)c3ccccc32)cc1. The topological polar surface area (TPSA) is 34.5 Å². The molecule has 4 heteroatoms. The maximum absolute atomic E-state index is 13.0. The number of morpholine rings is 1. The molecule has 142 valence electrons. The van der Waals surface area contributed by atoms with Crippen molar-refractivity contribution in [1.82, 2.24) is 9.47 Å². The lowest BCUT2D eigenvalue weighted by molar-refractivity contribution is 0.0304. The molecule has 1 aliphatic heterocycles. The molecule has 2 aromatic carbocycles. The highest BCUT2D eigenvalue weighted by molar-refractivity contribution is 6.07. The summed E-state index contributed by atoms with van der Waals surface area (Å²) >= 11 is 0. The van der Waals surface area contributed by atoms with Crippen LogP contribution in [0.25, 0.3) is 10.9 Å². The van der Waals surface area contributed by atoms with Gasteiger partial charge < -0.3 is 14.2 Å². The average Bonchev–Trinajstić information content (AvgIpc) is 3.11. The van der Waals surface area contributed by atoms with E-state index in [0.29, 0.717) is 26.3 Å². The summed E-state index contributed by atoms with van der Waals surface area (Å²) in [6, 6.07) is 16.3. The van der Waals surface area contributed by atoms with E-state index in [4.69, 9.17) is 4.74 Å². The van der Waals surface area contributed by atoms with Crippen molar-refractivity contribution >= 4 is 16.8 Å². The lowest BCUT2D eigenvalue weighted by atomic mass is 10.1. The van der Waals surface area contributed by atoms with E-state index in [0.717, 1.165) is 35.0 Å². The van der Waals surface area contributed by atoms with Gasteiger partial charge in [-0.25, -0.2) is 0 Å². The minimum Gasteiger partial charge on any atom is -0.378 e. The number of fused-ring (bicyclic) bond motifs is 1. The molecule has 0 bridgehead atoms. The van der Waals surface area contributed by atoms with Crippen LogP contribution in [0.15, 0.2) is 54.7 Å². The molecule has 1 fully saturated rings. The third-order valence-corrected chi connectivity index (χ3v) is 5.08. The first-order valence-corrected chi connectivity index (χ1v) is 9.73. The van der Waals surface area contributed by atoms with E-state index >= 15 is 0 Å². The van der Waals surface area contributed by atoms with Gasteiger partial charge in [0.1, 0.15) is 0 Å². The summed E-state index contributed by atoms with van der Waals surface area (Å²) in [5.74, 6) is 6.56. The van der Waals surface area contributed by atoms with Gasteiger partial charge in [-0.1, -0.05) is 47.7 Å². The van der Waals surface area contributed by atoms with E-state index in [1.54, 1.807) is 0 Å². The number of carbonyl (C=O) groups is 1. The summed E-state index contributed by atoms with van der Waals surface area (Å²) in [4.78, 5) is 14.9. The second-order valence-corrected chi connectivity index (χ2v) is 7.08. The van der Waals surface area contributed by atoms with Crippen molar-refractivity contribution < 1.29 is 9.53 Å². The van der Waals surface area contributed by atoms with Gasteiger partial charge in [-0.15, -0.1) is 0 Å². The summed E-state index contributed by atoms with van der Waals surface area (Å²) < 4.78 is 7.52. The standard InChI is InChI=1S/C24H24N2O2/c1-19-9-11-20(12-10-19)6-4-5-13-26-18-22(21-7-2-3-8-23(21)26)24(27)25-14-16-28-17-15-25/h2-3,7-12,18H,5,13-17H2,1H3. The third-order valence-electron chi connectivity index (χ3n) is 5.08. The minimum atomic E-state index is 0.0870. The molecule has 4 nitrogen and oxygen atoms in total. The van der Waals surface area contributed by atoms with Crippen LogP contribution in [0.2, 0.25) is 0 Å². The highest BCUT2D eigenvalue weighted by atomic mass is 16.5. The van der Waals surface area contributed by atoms with Crippen molar-refractivity contribution in [2.45, 2.75) is 19.9 Å². The number of benzene rings is 2. The Morgan fingerprint density at radius 2 is 1.82 bits per heavy atom. The summed E-state index contributed by atoms with van der Waals surface area (Å²) in [5.41, 5.74) is 4.12. The molecule has 1 amide bonds. The number of ether oxygens (including phenoxy) is 1. The van der Waals surface area contributed by atoms with E-state index < -0.39 is 0 Å². The highest BCUT2D eigenvalue weighted by Gasteiger charge is 2.22. The monoisotopic (exact) mass is 372 g/mol. The number of hydrogen-bond acceptors (Lipinski definition) is 2. The molecule has 1 saturated heterocycles. The van der Waals surface area contributed by atoms with Crippen LogP contribution in [0.5, 0.6) is 0 Å². The van der Waals surface area contributed by atoms with Crippen molar-refractivity contribution in [3.05, 3.63) is 71.4 Å². The second-order valence-electron chi connectivity index (χ2n) is 7.08. The van der Waals surface area contributed by atoms with Gasteiger partial charge in [0.2, 0.25) is 0 Å². The molecule has 0 aliphatic carbocycles. The number of aryl methyl sites for hydroxylation is 2. The Hall–Kier alpha value is -3.03. The van der Waals surface area contributed by atoms with Crippen molar-refractivity contribution in [3.63, 3.8) is 0 Å². The maximum Gasteiger partial charge on any atom is 0.256 e. The summed E-state index contributed by atoms with van der Waals surface area (Å²) in [7, 11) is 0. The Morgan fingerprint density at radius 3 is 2.61 bits per heavy atom. The van der Waals surface area contributed by atoms with E-state index in [1.165, 1.54) is 5.56 Å². The van der Waals surface area contributed by atoms with Crippen molar-refractivity contribution in [2.75, 3.05) is 26.3 Å². The van der Waals surface area contributed by atoms with E-state index in [9.17, 15) is 4.79 Å². The number of rotatable bonds is 3. The first kappa shape index (κ1) is 18.3. The Morgan fingerprint density at radius 1 is 1.07 bits per heavy atom. The smallest absolute Gasteiger partial charge is 0.256 e. The van der Waals surface area contributed by atoms with Gasteiger partial charge in [0.05, 0.1) is 18.8 Å². The predicted molar refractivity (Wildman–Crippen MR) is 111 cm³/mol. The third kappa shape index (κ3) is 3.95. The fraction of sp³-hybridized carbons (Fsp3) is 0.292. The van der Waals surface area contributed by atoms with E-state index in [-0.39, 0.29) is 5.91 Å². The zero-order valence-electron chi connectivity index (χ0n) is 16.1. The fourth-order valence-electron chi connectivity index (χ4n) is 3.52. The Labute approximate surface area is 165 Å². The minimum absolute atomic E-state index is 0.0870. The lowest BCUT2D eigenvalue weighted by Gasteiger charge is -2.26. The fourth-order valence-corrected chi connectivity index (χ4v) is 3.52. The zero-order chi connectivity index (χ0) is 19.3. The first-order chi connectivity index (χ1) is 13.7. The number of aromatic nitrogens is 1. The largest absolute Gasteiger partial charge is 0.378 e. The summed E-state index contributed by atoms with van der Waals surface area (Å²) in [6.45, 7) is 5.36. The van der Waals surface area contributed by atoms with Gasteiger partial charge in [-0.05, 0) is 25.1 Å². The van der Waals surface area contributed by atoms with Crippen molar-refractivity contribution in [1.29, 1.82) is 0 Å². The molecule has 2 heterocycles. The molecule has 0 N–H and O–H groups in total. The zero-order valence-corrected chi connectivity index (χ0v) is 16.1. The number of nitrogens with zero attached hydrogens (tertiary/aromatic N) is 2. The maximum atomic E-state index is 13.0. The molecule has 1 aliphatic rings. The lowest BCUT2D eigenvalue weighted by Crippen LogP contribution is -2.40. The van der Waals surface area contributed by atoms with E-state index in [2.05, 4.69) is 41.5 Å². The number of para-hydroxylation sites is 1. The Balaban J connectivity index is 1.53. The van der Waals surface area contributed by atoms with Gasteiger partial charge in [-0.2, -0.15) is 0 Å². The molecule has 1 aromatic heterocycles. The highest BCUT2D eigenvalue weighted by Crippen LogP contribution is 2.23. The average molecular weight is 372 g/mol. The molecule has 0 spiro atoms. The van der Waals surface area contributed by atoms with Crippen LogP contribution in [0.4, 0.5) is 0 Å². The van der Waals surface area contributed by atoms with Crippen LogP contribution in [0.1, 0.15) is 27.9 Å². The molecule has 3 aromatic rings. The van der Waals surface area contributed by atoms with Crippen LogP contribution in [0, 0.1) is 18.8 Å². The number of carbonyl (C=O) groups excluding carboxylic acids is 1. The molecule has 0 radical (unpaired) electrons. The normalized spacial score (nSPS) is 14.0. The van der Waals surface area contributed by atoms with Gasteiger partial charge >= 0.3 is 0 Å². The predicted octanol–water partition coefficient (Wildman–Crippen LogP) is 3.86. The first-order valence-electron chi connectivity index (χ1n) is 9.73. The molecular weight excluding hydrogens is 348 g/mol. The van der Waals surface area contributed by atoms with Crippen LogP contribution in [-0.2, 0) is 11.3 Å². The summed E-state index contributed by atoms with van der Waals surface area (Å²) in [5, 5.41) is 1.01. The van der Waals surface area contributed by atoms with Crippen LogP contribution < -0.4 is 0 Å². The van der Waals surface area contributed by atoms with E-state index in [1.807, 2.05) is 41.4 Å². The van der Waals surface area contributed by atoms with Crippen LogP contribution >= 0.6 is 0 Å². The second kappa shape index (κ2) is 8.33. The quantitative estimate of drug-likeness (QED) is 0.654.